The first-order valence-corrected chi connectivity index (χ1v) is 6.64. The van der Waals surface area contributed by atoms with Gasteiger partial charge in [0.2, 0.25) is 5.91 Å². The van der Waals surface area contributed by atoms with Gasteiger partial charge in [0, 0.05) is 12.5 Å². The van der Waals surface area contributed by atoms with Crippen LogP contribution < -0.4 is 0 Å². The molecule has 2 bridgehead atoms. The molecule has 3 rings (SSSR count). The van der Waals surface area contributed by atoms with E-state index in [0.29, 0.717) is 18.4 Å². The maximum absolute atomic E-state index is 12.3. The Hall–Kier alpha value is -1.06. The van der Waals surface area contributed by atoms with Gasteiger partial charge in [-0.1, -0.05) is 0 Å². The zero-order valence-corrected chi connectivity index (χ0v) is 10.1. The van der Waals surface area contributed by atoms with Crippen LogP contribution in [0.3, 0.4) is 0 Å². The van der Waals surface area contributed by atoms with Gasteiger partial charge in [-0.25, -0.2) is 0 Å². The number of rotatable bonds is 4. The molecular formula is C13H19NO3. The van der Waals surface area contributed by atoms with Crippen molar-refractivity contribution in [3.63, 3.8) is 0 Å². The Kier molecular flexibility index (Phi) is 2.42. The van der Waals surface area contributed by atoms with Crippen LogP contribution in [0.4, 0.5) is 0 Å². The molecule has 17 heavy (non-hydrogen) atoms. The number of carbonyl (C=O) groups excluding carboxylic acids is 1. The molecule has 0 spiro atoms. The molecule has 3 fully saturated rings. The predicted octanol–water partition coefficient (Wildman–Crippen LogP) is 1.21. The lowest BCUT2D eigenvalue weighted by Crippen LogP contribution is -2.37. The summed E-state index contributed by atoms with van der Waals surface area (Å²) in [5.74, 6) is 2.09. The Bertz CT molecular complexity index is 352. The topological polar surface area (TPSA) is 57.6 Å². The molecular weight excluding hydrogens is 218 g/mol. The van der Waals surface area contributed by atoms with Crippen LogP contribution in [0.2, 0.25) is 0 Å². The van der Waals surface area contributed by atoms with Crippen LogP contribution in [0.25, 0.3) is 0 Å². The molecule has 94 valence electrons. The van der Waals surface area contributed by atoms with Gasteiger partial charge in [0.25, 0.3) is 0 Å². The van der Waals surface area contributed by atoms with Crippen LogP contribution in [0.5, 0.6) is 0 Å². The molecule has 3 saturated carbocycles. The Morgan fingerprint density at radius 2 is 1.82 bits per heavy atom. The average molecular weight is 237 g/mol. The molecule has 0 aromatic heterocycles. The van der Waals surface area contributed by atoms with Crippen molar-refractivity contribution in [2.45, 2.75) is 26.2 Å². The van der Waals surface area contributed by atoms with E-state index in [2.05, 4.69) is 0 Å². The fraction of sp³-hybridized carbons (Fsp3) is 0.846. The summed E-state index contributed by atoms with van der Waals surface area (Å²) in [5, 5.41) is 8.79. The van der Waals surface area contributed by atoms with Gasteiger partial charge in [-0.3, -0.25) is 9.59 Å². The number of nitrogens with zero attached hydrogens (tertiary/aromatic N) is 1. The number of amides is 1. The van der Waals surface area contributed by atoms with E-state index in [9.17, 15) is 9.59 Å². The van der Waals surface area contributed by atoms with Crippen LogP contribution in [0, 0.1) is 29.6 Å². The van der Waals surface area contributed by atoms with E-state index in [-0.39, 0.29) is 18.4 Å². The van der Waals surface area contributed by atoms with Gasteiger partial charge in [-0.15, -0.1) is 0 Å². The molecule has 3 aliphatic rings. The first kappa shape index (κ1) is 11.1. The fourth-order valence-electron chi connectivity index (χ4n) is 4.37. The third-order valence-corrected chi connectivity index (χ3v) is 5.04. The third-order valence-electron chi connectivity index (χ3n) is 5.04. The van der Waals surface area contributed by atoms with Gasteiger partial charge in [-0.2, -0.15) is 0 Å². The van der Waals surface area contributed by atoms with Crippen molar-refractivity contribution in [3.8, 4) is 0 Å². The summed E-state index contributed by atoms with van der Waals surface area (Å²) >= 11 is 0. The molecule has 1 N–H and O–H groups in total. The van der Waals surface area contributed by atoms with Gasteiger partial charge in [-0.05, 0) is 49.9 Å². The lowest BCUT2D eigenvalue weighted by molar-refractivity contribution is -0.145. The molecule has 0 radical (unpaired) electrons. The Morgan fingerprint density at radius 3 is 2.29 bits per heavy atom. The monoisotopic (exact) mass is 237 g/mol. The number of hydrogen-bond acceptors (Lipinski definition) is 2. The minimum absolute atomic E-state index is 0.0986. The van der Waals surface area contributed by atoms with Crippen molar-refractivity contribution in [1.29, 1.82) is 0 Å². The third kappa shape index (κ3) is 1.57. The minimum Gasteiger partial charge on any atom is -0.480 e. The predicted molar refractivity (Wildman–Crippen MR) is 61.2 cm³/mol. The van der Waals surface area contributed by atoms with Gasteiger partial charge < -0.3 is 10.0 Å². The van der Waals surface area contributed by atoms with Crippen molar-refractivity contribution in [2.24, 2.45) is 29.6 Å². The van der Waals surface area contributed by atoms with Gasteiger partial charge in [0.1, 0.15) is 6.54 Å². The van der Waals surface area contributed by atoms with Gasteiger partial charge in [0.05, 0.1) is 0 Å². The zero-order valence-electron chi connectivity index (χ0n) is 10.1. The lowest BCUT2D eigenvalue weighted by atomic mass is 10.0. The molecule has 0 saturated heterocycles. The molecule has 4 atom stereocenters. The highest BCUT2D eigenvalue weighted by Crippen LogP contribution is 2.69. The smallest absolute Gasteiger partial charge is 0.323 e. The van der Waals surface area contributed by atoms with E-state index < -0.39 is 5.97 Å². The summed E-state index contributed by atoms with van der Waals surface area (Å²) < 4.78 is 0. The molecule has 1 amide bonds. The standard InChI is InChI=1S/C13H19NO3/c1-2-14(6-9(15)16)13(17)12-10-7-3-4-8(5-7)11(10)12/h7-8,10-12H,2-6H2,1H3,(H,15,16). The van der Waals surface area contributed by atoms with E-state index in [4.69, 9.17) is 5.11 Å². The maximum Gasteiger partial charge on any atom is 0.323 e. The molecule has 3 aliphatic carbocycles. The number of likely N-dealkylation sites (N-methyl/N-ethyl adjacent to an activating group) is 1. The van der Waals surface area contributed by atoms with E-state index in [1.54, 1.807) is 0 Å². The van der Waals surface area contributed by atoms with Crippen LogP contribution in [-0.4, -0.2) is 35.0 Å². The van der Waals surface area contributed by atoms with Crippen LogP contribution >= 0.6 is 0 Å². The Labute approximate surface area is 101 Å². The van der Waals surface area contributed by atoms with Gasteiger partial charge in [0.15, 0.2) is 0 Å². The fourth-order valence-corrected chi connectivity index (χ4v) is 4.37. The van der Waals surface area contributed by atoms with Crippen molar-refractivity contribution in [1.82, 2.24) is 4.90 Å². The molecule has 0 aliphatic heterocycles. The average Bonchev–Trinajstić information content (AvgIpc) is 2.73. The summed E-state index contributed by atoms with van der Waals surface area (Å²) in [4.78, 5) is 24.5. The second-order valence-corrected chi connectivity index (χ2v) is 5.76. The highest BCUT2D eigenvalue weighted by atomic mass is 16.4. The van der Waals surface area contributed by atoms with E-state index in [1.165, 1.54) is 24.2 Å². The molecule has 0 aromatic rings. The maximum atomic E-state index is 12.3. The highest BCUT2D eigenvalue weighted by Gasteiger charge is 2.67. The highest BCUT2D eigenvalue weighted by molar-refractivity contribution is 5.86. The Morgan fingerprint density at radius 1 is 1.24 bits per heavy atom. The van der Waals surface area contributed by atoms with Crippen molar-refractivity contribution < 1.29 is 14.7 Å². The van der Waals surface area contributed by atoms with Gasteiger partial charge >= 0.3 is 5.97 Å². The normalized spacial score (nSPS) is 41.1. The molecule has 0 aromatic carbocycles. The number of carbonyl (C=O) groups is 2. The first-order valence-electron chi connectivity index (χ1n) is 6.64. The van der Waals surface area contributed by atoms with Crippen LogP contribution in [0.15, 0.2) is 0 Å². The summed E-state index contributed by atoms with van der Waals surface area (Å²) in [5.41, 5.74) is 0. The molecule has 4 nitrogen and oxygen atoms in total. The molecule has 4 unspecified atom stereocenters. The van der Waals surface area contributed by atoms with E-state index in [0.717, 1.165) is 11.8 Å². The number of fused-ring (bicyclic) bond motifs is 5. The van der Waals surface area contributed by atoms with Crippen molar-refractivity contribution >= 4 is 11.9 Å². The van der Waals surface area contributed by atoms with Crippen molar-refractivity contribution in [3.05, 3.63) is 0 Å². The SMILES string of the molecule is CCN(CC(=O)O)C(=O)C1C2C3CCC(C3)C12. The number of hydrogen-bond donors (Lipinski definition) is 1. The minimum atomic E-state index is -0.908. The molecule has 4 heteroatoms. The summed E-state index contributed by atoms with van der Waals surface area (Å²) in [6, 6.07) is 0. The Balaban J connectivity index is 1.66. The summed E-state index contributed by atoms with van der Waals surface area (Å²) in [7, 11) is 0. The lowest BCUT2D eigenvalue weighted by Gasteiger charge is -2.20. The van der Waals surface area contributed by atoms with E-state index in [1.807, 2.05) is 6.92 Å². The van der Waals surface area contributed by atoms with Crippen LogP contribution in [-0.2, 0) is 9.59 Å². The first-order chi connectivity index (χ1) is 8.13. The molecule has 0 heterocycles. The second-order valence-electron chi connectivity index (χ2n) is 5.76. The largest absolute Gasteiger partial charge is 0.480 e. The number of carboxylic acids is 1. The quantitative estimate of drug-likeness (QED) is 0.799. The van der Waals surface area contributed by atoms with Crippen molar-refractivity contribution in [2.75, 3.05) is 13.1 Å². The summed E-state index contributed by atoms with van der Waals surface area (Å²) in [6.45, 7) is 2.23. The zero-order chi connectivity index (χ0) is 12.2. The van der Waals surface area contributed by atoms with Crippen LogP contribution in [0.1, 0.15) is 26.2 Å². The van der Waals surface area contributed by atoms with E-state index >= 15 is 0 Å². The number of carboxylic acid groups (broad SMARTS) is 1. The number of aliphatic carboxylic acids is 1. The summed E-state index contributed by atoms with van der Waals surface area (Å²) in [6.07, 6.45) is 3.91. The second kappa shape index (κ2) is 3.72.